The molecule has 1 saturated heterocycles. The van der Waals surface area contributed by atoms with Crippen LogP contribution in [-0.2, 0) is 9.53 Å². The average molecular weight is 264 g/mol. The number of ether oxygens (including phenoxy) is 1. The first-order valence-corrected chi connectivity index (χ1v) is 6.54. The van der Waals surface area contributed by atoms with Crippen molar-refractivity contribution in [3.05, 3.63) is 18.1 Å². The van der Waals surface area contributed by atoms with Crippen molar-refractivity contribution >= 4 is 11.7 Å². The fourth-order valence-electron chi connectivity index (χ4n) is 2.37. The minimum absolute atomic E-state index is 0.0464. The third-order valence-electron chi connectivity index (χ3n) is 3.34. The van der Waals surface area contributed by atoms with Gasteiger partial charge in [-0.15, -0.1) is 0 Å². The highest BCUT2D eigenvalue weighted by Gasteiger charge is 2.30. The molecule has 1 aliphatic heterocycles. The number of rotatable bonds is 5. The fourth-order valence-corrected chi connectivity index (χ4v) is 2.37. The van der Waals surface area contributed by atoms with Crippen molar-refractivity contribution in [2.75, 3.05) is 32.6 Å². The van der Waals surface area contributed by atoms with E-state index in [0.717, 1.165) is 30.9 Å². The van der Waals surface area contributed by atoms with Gasteiger partial charge in [-0.1, -0.05) is 0 Å². The van der Waals surface area contributed by atoms with Crippen LogP contribution in [0.25, 0.3) is 0 Å². The molecule has 19 heavy (non-hydrogen) atoms. The van der Waals surface area contributed by atoms with Crippen molar-refractivity contribution in [1.29, 1.82) is 0 Å². The summed E-state index contributed by atoms with van der Waals surface area (Å²) in [5, 5.41) is 2.97. The second kappa shape index (κ2) is 6.47. The summed E-state index contributed by atoms with van der Waals surface area (Å²) < 4.78 is 4.96. The third-order valence-corrected chi connectivity index (χ3v) is 3.34. The minimum atomic E-state index is 0.0464. The van der Waals surface area contributed by atoms with E-state index in [-0.39, 0.29) is 11.9 Å². The van der Waals surface area contributed by atoms with Crippen LogP contribution >= 0.6 is 0 Å². The van der Waals surface area contributed by atoms with E-state index in [1.807, 2.05) is 11.9 Å². The molecule has 104 valence electrons. The van der Waals surface area contributed by atoms with Crippen LogP contribution in [0.4, 0.5) is 5.82 Å². The SMILES string of the molecule is CNc1cncc([C@@H]2CCCN2C(=O)CCOC)n1. The molecule has 1 fully saturated rings. The molecular weight excluding hydrogens is 244 g/mol. The predicted octanol–water partition coefficient (Wildman–Crippen LogP) is 1.22. The summed E-state index contributed by atoms with van der Waals surface area (Å²) in [6.07, 6.45) is 5.80. The molecule has 6 nitrogen and oxygen atoms in total. The number of hydrogen-bond donors (Lipinski definition) is 1. The normalized spacial score (nSPS) is 18.6. The molecule has 2 heterocycles. The molecule has 1 aromatic heterocycles. The first-order valence-electron chi connectivity index (χ1n) is 6.54. The Morgan fingerprint density at radius 3 is 3.16 bits per heavy atom. The van der Waals surface area contributed by atoms with E-state index in [4.69, 9.17) is 4.74 Å². The summed E-state index contributed by atoms with van der Waals surface area (Å²) in [6.45, 7) is 1.25. The minimum Gasteiger partial charge on any atom is -0.384 e. The van der Waals surface area contributed by atoms with Gasteiger partial charge in [-0.3, -0.25) is 9.78 Å². The summed E-state index contributed by atoms with van der Waals surface area (Å²) in [7, 11) is 3.42. The highest BCUT2D eigenvalue weighted by atomic mass is 16.5. The zero-order valence-corrected chi connectivity index (χ0v) is 11.4. The summed E-state index contributed by atoms with van der Waals surface area (Å²) in [6, 6.07) is 0.0464. The van der Waals surface area contributed by atoms with E-state index in [0.29, 0.717) is 13.0 Å². The van der Waals surface area contributed by atoms with Crippen LogP contribution in [0.5, 0.6) is 0 Å². The standard InChI is InChI=1S/C13H20N4O2/c1-14-12-9-15-8-10(16-12)11-4-3-6-17(11)13(18)5-7-19-2/h8-9,11H,3-7H2,1-2H3,(H,14,16)/t11-/m0/s1. The van der Waals surface area contributed by atoms with Crippen molar-refractivity contribution in [3.8, 4) is 0 Å². The number of aromatic nitrogens is 2. The van der Waals surface area contributed by atoms with E-state index in [2.05, 4.69) is 15.3 Å². The Morgan fingerprint density at radius 2 is 2.42 bits per heavy atom. The first kappa shape index (κ1) is 13.7. The number of nitrogens with one attached hydrogen (secondary N) is 1. The highest BCUT2D eigenvalue weighted by Crippen LogP contribution is 2.31. The van der Waals surface area contributed by atoms with Gasteiger partial charge in [-0.25, -0.2) is 4.98 Å². The Bertz CT molecular complexity index is 438. The lowest BCUT2D eigenvalue weighted by molar-refractivity contribution is -0.133. The van der Waals surface area contributed by atoms with Gasteiger partial charge < -0.3 is 15.0 Å². The van der Waals surface area contributed by atoms with Crippen LogP contribution in [0.15, 0.2) is 12.4 Å². The van der Waals surface area contributed by atoms with E-state index in [1.165, 1.54) is 0 Å². The Morgan fingerprint density at radius 1 is 1.58 bits per heavy atom. The van der Waals surface area contributed by atoms with Gasteiger partial charge in [0.05, 0.1) is 37.2 Å². The molecule has 0 unspecified atom stereocenters. The Hall–Kier alpha value is -1.69. The Balaban J connectivity index is 2.11. The highest BCUT2D eigenvalue weighted by molar-refractivity contribution is 5.77. The van der Waals surface area contributed by atoms with Crippen LogP contribution in [0.2, 0.25) is 0 Å². The van der Waals surface area contributed by atoms with E-state index >= 15 is 0 Å². The van der Waals surface area contributed by atoms with Crippen molar-refractivity contribution < 1.29 is 9.53 Å². The molecule has 0 aliphatic carbocycles. The number of nitrogens with zero attached hydrogens (tertiary/aromatic N) is 3. The third kappa shape index (κ3) is 3.20. The topological polar surface area (TPSA) is 67.4 Å². The number of hydrogen-bond acceptors (Lipinski definition) is 5. The molecule has 1 N–H and O–H groups in total. The fraction of sp³-hybridized carbons (Fsp3) is 0.615. The molecule has 1 aliphatic rings. The van der Waals surface area contributed by atoms with Crippen molar-refractivity contribution in [1.82, 2.24) is 14.9 Å². The first-order chi connectivity index (χ1) is 9.26. The molecule has 0 aromatic carbocycles. The van der Waals surface area contributed by atoms with Gasteiger partial charge in [0, 0.05) is 20.7 Å². The molecule has 2 rings (SSSR count). The summed E-state index contributed by atoms with van der Waals surface area (Å²) in [5.74, 6) is 0.856. The molecule has 1 amide bonds. The Kier molecular flexibility index (Phi) is 4.68. The second-order valence-electron chi connectivity index (χ2n) is 4.57. The number of carbonyl (C=O) groups is 1. The number of likely N-dealkylation sites (tertiary alicyclic amines) is 1. The van der Waals surface area contributed by atoms with Crippen LogP contribution in [0.3, 0.4) is 0 Å². The molecule has 1 atom stereocenters. The lowest BCUT2D eigenvalue weighted by Gasteiger charge is -2.24. The van der Waals surface area contributed by atoms with E-state index in [1.54, 1.807) is 19.5 Å². The lowest BCUT2D eigenvalue weighted by atomic mass is 10.1. The molecule has 6 heteroatoms. The van der Waals surface area contributed by atoms with Gasteiger partial charge in [0.15, 0.2) is 0 Å². The summed E-state index contributed by atoms with van der Waals surface area (Å²) in [5.41, 5.74) is 0.857. The number of anilines is 1. The van der Waals surface area contributed by atoms with Crippen molar-refractivity contribution in [2.45, 2.75) is 25.3 Å². The lowest BCUT2D eigenvalue weighted by Crippen LogP contribution is -2.31. The zero-order valence-electron chi connectivity index (χ0n) is 11.4. The summed E-state index contributed by atoms with van der Waals surface area (Å²) in [4.78, 5) is 22.7. The quantitative estimate of drug-likeness (QED) is 0.866. The molecular formula is C13H20N4O2. The van der Waals surface area contributed by atoms with Crippen LogP contribution in [0.1, 0.15) is 31.0 Å². The summed E-state index contributed by atoms with van der Waals surface area (Å²) >= 11 is 0. The van der Waals surface area contributed by atoms with E-state index in [9.17, 15) is 4.79 Å². The monoisotopic (exact) mass is 264 g/mol. The maximum absolute atomic E-state index is 12.1. The van der Waals surface area contributed by atoms with Gasteiger partial charge in [-0.05, 0) is 12.8 Å². The number of amides is 1. The van der Waals surface area contributed by atoms with Crippen molar-refractivity contribution in [3.63, 3.8) is 0 Å². The molecule has 0 saturated carbocycles. The smallest absolute Gasteiger partial charge is 0.225 e. The number of methoxy groups -OCH3 is 1. The van der Waals surface area contributed by atoms with Crippen LogP contribution in [0, 0.1) is 0 Å². The predicted molar refractivity (Wildman–Crippen MR) is 71.8 cm³/mol. The van der Waals surface area contributed by atoms with Crippen molar-refractivity contribution in [2.24, 2.45) is 0 Å². The van der Waals surface area contributed by atoms with Gasteiger partial charge in [0.2, 0.25) is 5.91 Å². The largest absolute Gasteiger partial charge is 0.384 e. The maximum Gasteiger partial charge on any atom is 0.225 e. The average Bonchev–Trinajstić information content (AvgIpc) is 2.94. The Labute approximate surface area is 113 Å². The van der Waals surface area contributed by atoms with Crippen LogP contribution < -0.4 is 5.32 Å². The molecule has 0 spiro atoms. The zero-order chi connectivity index (χ0) is 13.7. The van der Waals surface area contributed by atoms with Crippen LogP contribution in [-0.4, -0.2) is 48.1 Å². The molecule has 0 bridgehead atoms. The molecule has 1 aromatic rings. The van der Waals surface area contributed by atoms with E-state index < -0.39 is 0 Å². The van der Waals surface area contributed by atoms with Gasteiger partial charge >= 0.3 is 0 Å². The van der Waals surface area contributed by atoms with Gasteiger partial charge in [0.1, 0.15) is 5.82 Å². The van der Waals surface area contributed by atoms with Gasteiger partial charge in [-0.2, -0.15) is 0 Å². The second-order valence-corrected chi connectivity index (χ2v) is 4.57. The molecule has 0 radical (unpaired) electrons. The number of carbonyl (C=O) groups excluding carboxylic acids is 1. The van der Waals surface area contributed by atoms with Gasteiger partial charge in [0.25, 0.3) is 0 Å². The maximum atomic E-state index is 12.1.